The van der Waals surface area contributed by atoms with Crippen LogP contribution in [0.25, 0.3) is 10.9 Å². The molecule has 26 heavy (non-hydrogen) atoms. The van der Waals surface area contributed by atoms with Crippen molar-refractivity contribution in [1.82, 2.24) is 9.88 Å². The molecule has 1 amide bonds. The van der Waals surface area contributed by atoms with Gasteiger partial charge in [0, 0.05) is 24.4 Å². The third kappa shape index (κ3) is 2.97. The van der Waals surface area contributed by atoms with Gasteiger partial charge in [-0.1, -0.05) is 48.5 Å². The van der Waals surface area contributed by atoms with Crippen molar-refractivity contribution < 1.29 is 4.79 Å². The first kappa shape index (κ1) is 16.7. The summed E-state index contributed by atoms with van der Waals surface area (Å²) in [5, 5.41) is 1.09. The number of nitrogens with two attached hydrogens (primary N) is 1. The maximum Gasteiger partial charge on any atom is 0.272 e. The summed E-state index contributed by atoms with van der Waals surface area (Å²) in [5.41, 5.74) is 9.72. The second-order valence-electron chi connectivity index (χ2n) is 7.06. The van der Waals surface area contributed by atoms with Crippen molar-refractivity contribution in [3.05, 3.63) is 77.5 Å². The van der Waals surface area contributed by atoms with E-state index in [-0.39, 0.29) is 17.7 Å². The predicted octanol–water partition coefficient (Wildman–Crippen LogP) is 3.36. The fourth-order valence-electron chi connectivity index (χ4n) is 3.97. The van der Waals surface area contributed by atoms with Gasteiger partial charge in [-0.15, -0.1) is 0 Å². The Balaban J connectivity index is 1.63. The number of aryl methyl sites for hydroxylation is 1. The van der Waals surface area contributed by atoms with Crippen LogP contribution in [0, 0.1) is 12.8 Å². The Labute approximate surface area is 153 Å². The number of rotatable bonds is 3. The van der Waals surface area contributed by atoms with Crippen molar-refractivity contribution >= 4 is 16.8 Å². The first-order valence-electron chi connectivity index (χ1n) is 9.08. The van der Waals surface area contributed by atoms with E-state index in [0.717, 1.165) is 16.5 Å². The topological polar surface area (TPSA) is 59.2 Å². The average Bonchev–Trinajstić information content (AvgIpc) is 3.12. The van der Waals surface area contributed by atoms with E-state index in [0.29, 0.717) is 25.3 Å². The summed E-state index contributed by atoms with van der Waals surface area (Å²) in [6.07, 6.45) is 0. The van der Waals surface area contributed by atoms with Crippen LogP contribution in [0.5, 0.6) is 0 Å². The highest BCUT2D eigenvalue weighted by molar-refractivity contribution is 5.96. The second-order valence-corrected chi connectivity index (χ2v) is 7.06. The molecular formula is C22H23N3O. The first-order valence-corrected chi connectivity index (χ1v) is 9.08. The Morgan fingerprint density at radius 1 is 1.12 bits per heavy atom. The number of hydrogen-bond donors (Lipinski definition) is 1. The lowest BCUT2D eigenvalue weighted by Crippen LogP contribution is -2.30. The van der Waals surface area contributed by atoms with Gasteiger partial charge in [0.05, 0.1) is 5.52 Å². The smallest absolute Gasteiger partial charge is 0.272 e. The Bertz CT molecular complexity index is 939. The first-order chi connectivity index (χ1) is 12.7. The number of aromatic nitrogens is 1. The van der Waals surface area contributed by atoms with Crippen molar-refractivity contribution in [2.75, 3.05) is 19.6 Å². The van der Waals surface area contributed by atoms with Crippen LogP contribution < -0.4 is 5.73 Å². The van der Waals surface area contributed by atoms with Crippen molar-refractivity contribution in [2.24, 2.45) is 11.7 Å². The largest absolute Gasteiger partial charge is 0.336 e. The lowest BCUT2D eigenvalue weighted by molar-refractivity contribution is 0.0781. The number of para-hydroxylation sites is 1. The minimum atomic E-state index is -0.00395. The minimum absolute atomic E-state index is 0.00395. The van der Waals surface area contributed by atoms with Crippen molar-refractivity contribution in [3.63, 3.8) is 0 Å². The van der Waals surface area contributed by atoms with Crippen LogP contribution in [0.2, 0.25) is 0 Å². The monoisotopic (exact) mass is 345 g/mol. The summed E-state index contributed by atoms with van der Waals surface area (Å²) in [7, 11) is 0. The van der Waals surface area contributed by atoms with Gasteiger partial charge in [0.2, 0.25) is 0 Å². The summed E-state index contributed by atoms with van der Waals surface area (Å²) in [6, 6.07) is 20.2. The molecule has 4 heteroatoms. The Morgan fingerprint density at radius 2 is 1.85 bits per heavy atom. The van der Waals surface area contributed by atoms with E-state index in [1.165, 1.54) is 5.56 Å². The molecule has 132 valence electrons. The highest BCUT2D eigenvalue weighted by Gasteiger charge is 2.36. The van der Waals surface area contributed by atoms with Crippen LogP contribution in [0.15, 0.2) is 60.7 Å². The Morgan fingerprint density at radius 3 is 2.62 bits per heavy atom. The zero-order valence-corrected chi connectivity index (χ0v) is 14.9. The van der Waals surface area contributed by atoms with Gasteiger partial charge in [0.1, 0.15) is 5.69 Å². The maximum atomic E-state index is 13.1. The van der Waals surface area contributed by atoms with Gasteiger partial charge in [0.25, 0.3) is 5.91 Å². The molecule has 0 aliphatic carbocycles. The molecule has 0 radical (unpaired) electrons. The van der Waals surface area contributed by atoms with Gasteiger partial charge < -0.3 is 10.6 Å². The number of amides is 1. The zero-order chi connectivity index (χ0) is 18.1. The van der Waals surface area contributed by atoms with Crippen LogP contribution in [-0.4, -0.2) is 35.4 Å². The third-order valence-electron chi connectivity index (χ3n) is 5.40. The molecule has 1 aromatic heterocycles. The van der Waals surface area contributed by atoms with Crippen LogP contribution in [0.1, 0.15) is 27.5 Å². The number of fused-ring (bicyclic) bond motifs is 1. The van der Waals surface area contributed by atoms with Gasteiger partial charge in [-0.2, -0.15) is 0 Å². The number of nitrogens with zero attached hydrogens (tertiary/aromatic N) is 2. The van der Waals surface area contributed by atoms with Gasteiger partial charge in [-0.3, -0.25) is 4.79 Å². The van der Waals surface area contributed by atoms with Crippen molar-refractivity contribution in [3.8, 4) is 0 Å². The molecule has 0 saturated carbocycles. The number of carbonyl (C=O) groups excluding carboxylic acids is 1. The van der Waals surface area contributed by atoms with Crippen LogP contribution in [0.3, 0.4) is 0 Å². The lowest BCUT2D eigenvalue weighted by atomic mass is 9.89. The molecular weight excluding hydrogens is 322 g/mol. The van der Waals surface area contributed by atoms with E-state index in [2.05, 4.69) is 17.1 Å². The van der Waals surface area contributed by atoms with Crippen molar-refractivity contribution in [2.45, 2.75) is 12.8 Å². The van der Waals surface area contributed by atoms with Gasteiger partial charge >= 0.3 is 0 Å². The molecule has 2 N–H and O–H groups in total. The molecule has 1 fully saturated rings. The molecule has 4 nitrogen and oxygen atoms in total. The molecule has 3 aromatic rings. The Kier molecular flexibility index (Phi) is 4.43. The van der Waals surface area contributed by atoms with Gasteiger partial charge in [-0.05, 0) is 42.6 Å². The zero-order valence-electron chi connectivity index (χ0n) is 14.9. The SMILES string of the molecule is Cc1cc(C(=O)N2C[C@@H](CN)[C@H](c3ccccc3)C2)nc2ccccc12. The maximum absolute atomic E-state index is 13.1. The molecule has 4 rings (SSSR count). The molecule has 1 aliphatic heterocycles. The van der Waals surface area contributed by atoms with E-state index in [1.807, 2.05) is 60.4 Å². The highest BCUT2D eigenvalue weighted by atomic mass is 16.2. The van der Waals surface area contributed by atoms with E-state index >= 15 is 0 Å². The molecule has 0 spiro atoms. The third-order valence-corrected chi connectivity index (χ3v) is 5.40. The second kappa shape index (κ2) is 6.89. The molecule has 0 unspecified atom stereocenters. The lowest BCUT2D eigenvalue weighted by Gasteiger charge is -2.17. The summed E-state index contributed by atoms with van der Waals surface area (Å²) in [6.45, 7) is 3.98. The molecule has 1 saturated heterocycles. The fourth-order valence-corrected chi connectivity index (χ4v) is 3.97. The summed E-state index contributed by atoms with van der Waals surface area (Å²) in [4.78, 5) is 19.6. The summed E-state index contributed by atoms with van der Waals surface area (Å²) >= 11 is 0. The number of hydrogen-bond acceptors (Lipinski definition) is 3. The Hall–Kier alpha value is -2.72. The summed E-state index contributed by atoms with van der Waals surface area (Å²) in [5.74, 6) is 0.561. The molecule has 1 aliphatic rings. The van der Waals surface area contributed by atoms with Crippen LogP contribution in [0.4, 0.5) is 0 Å². The number of likely N-dealkylation sites (tertiary alicyclic amines) is 1. The summed E-state index contributed by atoms with van der Waals surface area (Å²) < 4.78 is 0. The minimum Gasteiger partial charge on any atom is -0.336 e. The molecule has 2 aromatic carbocycles. The quantitative estimate of drug-likeness (QED) is 0.792. The number of benzene rings is 2. The number of carbonyl (C=O) groups is 1. The normalized spacial score (nSPS) is 19.8. The molecule has 0 bridgehead atoms. The van der Waals surface area contributed by atoms with E-state index in [4.69, 9.17) is 5.73 Å². The van der Waals surface area contributed by atoms with Crippen molar-refractivity contribution in [1.29, 1.82) is 0 Å². The average molecular weight is 345 g/mol. The standard InChI is InChI=1S/C22H23N3O/c1-15-11-21(24-20-10-6-5-9-18(15)20)22(26)25-13-17(12-23)19(14-25)16-7-3-2-4-8-16/h2-11,17,19H,12-14,23H2,1H3/t17-,19+/m1/s1. The van der Waals surface area contributed by atoms with Crippen LogP contribution in [-0.2, 0) is 0 Å². The number of pyridine rings is 1. The molecule has 2 atom stereocenters. The van der Waals surface area contributed by atoms with Gasteiger partial charge in [0.15, 0.2) is 0 Å². The highest BCUT2D eigenvalue weighted by Crippen LogP contribution is 2.33. The van der Waals surface area contributed by atoms with Crippen LogP contribution >= 0.6 is 0 Å². The van der Waals surface area contributed by atoms with Gasteiger partial charge in [-0.25, -0.2) is 4.98 Å². The fraction of sp³-hybridized carbons (Fsp3) is 0.273. The predicted molar refractivity (Wildman–Crippen MR) is 104 cm³/mol. The van der Waals surface area contributed by atoms with E-state index in [1.54, 1.807) is 0 Å². The van der Waals surface area contributed by atoms with E-state index < -0.39 is 0 Å². The molecule has 2 heterocycles. The van der Waals surface area contributed by atoms with E-state index in [9.17, 15) is 4.79 Å².